The van der Waals surface area contributed by atoms with Gasteiger partial charge in [0.25, 0.3) is 0 Å². The van der Waals surface area contributed by atoms with Gasteiger partial charge in [0.05, 0.1) is 30.2 Å². The predicted octanol–water partition coefficient (Wildman–Crippen LogP) is 1.89. The molecule has 2 fully saturated rings. The normalized spacial score (nSPS) is 19.8. The molecule has 3 atom stereocenters. The number of carbonyl (C=O) groups excluding carboxylic acids is 3. The number of fused-ring (bicyclic) bond motifs is 1. The summed E-state index contributed by atoms with van der Waals surface area (Å²) in [5, 5.41) is 8.37. The molecule has 1 heterocycles. The fourth-order valence-corrected chi connectivity index (χ4v) is 6.68. The Bertz CT molecular complexity index is 1410. The number of likely N-dealkylation sites (N-methyl/N-ethyl adjacent to an activating group) is 1. The zero-order valence-corrected chi connectivity index (χ0v) is 24.2. The van der Waals surface area contributed by atoms with E-state index in [9.17, 15) is 22.8 Å². The summed E-state index contributed by atoms with van der Waals surface area (Å²) < 4.78 is 41.0. The average molecular weight is 587 g/mol. The van der Waals surface area contributed by atoms with Gasteiger partial charge in [0.2, 0.25) is 22.2 Å². The lowest BCUT2D eigenvalue weighted by atomic mass is 9.79. The topological polar surface area (TPSA) is 155 Å². The fourth-order valence-electron chi connectivity index (χ4n) is 5.21. The minimum Gasteiger partial charge on any atom is -0.449 e. The van der Waals surface area contributed by atoms with Crippen molar-refractivity contribution in [1.82, 2.24) is 20.4 Å². The van der Waals surface area contributed by atoms with Crippen LogP contribution in [0.4, 0.5) is 4.79 Å². The molecule has 2 aliphatic rings. The van der Waals surface area contributed by atoms with Crippen molar-refractivity contribution in [2.24, 2.45) is 16.9 Å². The molecule has 1 aliphatic heterocycles. The molecule has 0 spiro atoms. The van der Waals surface area contributed by atoms with Crippen molar-refractivity contribution in [3.63, 3.8) is 0 Å². The van der Waals surface area contributed by atoms with Gasteiger partial charge in [-0.1, -0.05) is 31.2 Å². The number of rotatable bonds is 12. The van der Waals surface area contributed by atoms with Gasteiger partial charge in [-0.15, -0.1) is 0 Å². The quantitative estimate of drug-likeness (QED) is 0.252. The van der Waals surface area contributed by atoms with Crippen LogP contribution in [0.2, 0.25) is 0 Å². The van der Waals surface area contributed by atoms with Crippen molar-refractivity contribution < 1.29 is 32.3 Å². The van der Waals surface area contributed by atoms with Gasteiger partial charge in [-0.2, -0.15) is 9.82 Å². The van der Waals surface area contributed by atoms with Crippen molar-refractivity contribution >= 4 is 45.3 Å². The number of ether oxygens (including phenoxy) is 2. The molecule has 4 rings (SSSR count). The number of nitrogens with one attached hydrogen (secondary N) is 3. The molecule has 12 nitrogen and oxygen atoms in total. The van der Waals surface area contributed by atoms with Crippen LogP contribution in [0.25, 0.3) is 10.8 Å². The molecule has 0 aromatic heterocycles. The van der Waals surface area contributed by atoms with E-state index in [1.807, 2.05) is 6.29 Å². The molecule has 13 heteroatoms. The molecular weight excluding hydrogens is 550 g/mol. The Morgan fingerprint density at radius 3 is 2.68 bits per heavy atom. The summed E-state index contributed by atoms with van der Waals surface area (Å²) in [7, 11) is -2.74. The van der Waals surface area contributed by atoms with E-state index in [-0.39, 0.29) is 23.8 Å². The van der Waals surface area contributed by atoms with Crippen LogP contribution in [0.15, 0.2) is 46.4 Å². The number of morpholine rings is 1. The largest absolute Gasteiger partial charge is 0.449 e. The van der Waals surface area contributed by atoms with Crippen LogP contribution >= 0.6 is 0 Å². The van der Waals surface area contributed by atoms with Crippen LogP contribution in [-0.2, 0) is 29.1 Å². The summed E-state index contributed by atoms with van der Waals surface area (Å²) in [5.41, 5.74) is 0.890. The molecule has 1 saturated heterocycles. The smallest absolute Gasteiger partial charge is 0.427 e. The summed E-state index contributed by atoms with van der Waals surface area (Å²) in [6.07, 6.45) is 3.40. The summed E-state index contributed by atoms with van der Waals surface area (Å²) in [5.74, 6) is -1.76. The first-order chi connectivity index (χ1) is 19.7. The van der Waals surface area contributed by atoms with Crippen LogP contribution in [-0.4, -0.2) is 82.9 Å². The third kappa shape index (κ3) is 6.75. The maximum absolute atomic E-state index is 13.9. The zero-order chi connectivity index (χ0) is 29.6. The number of nitrogens with zero attached hydrogens (tertiary/aromatic N) is 2. The summed E-state index contributed by atoms with van der Waals surface area (Å²) in [6, 6.07) is 10.00. The van der Waals surface area contributed by atoms with E-state index in [1.54, 1.807) is 45.2 Å². The highest BCUT2D eigenvalue weighted by Crippen LogP contribution is 2.45. The van der Waals surface area contributed by atoms with Gasteiger partial charge in [-0.05, 0) is 55.0 Å². The van der Waals surface area contributed by atoms with E-state index in [2.05, 4.69) is 20.6 Å². The highest BCUT2D eigenvalue weighted by Gasteiger charge is 2.56. The molecule has 1 saturated carbocycles. The lowest BCUT2D eigenvalue weighted by Crippen LogP contribution is -2.62. The summed E-state index contributed by atoms with van der Waals surface area (Å²) in [6.45, 7) is 5.11. The van der Waals surface area contributed by atoms with E-state index in [0.29, 0.717) is 48.9 Å². The summed E-state index contributed by atoms with van der Waals surface area (Å²) in [4.78, 5) is 39.4. The van der Waals surface area contributed by atoms with E-state index in [1.165, 1.54) is 23.2 Å². The van der Waals surface area contributed by atoms with Crippen LogP contribution in [0, 0.1) is 11.8 Å². The highest BCUT2D eigenvalue weighted by molar-refractivity contribution is 7.89. The van der Waals surface area contributed by atoms with Crippen molar-refractivity contribution in [3.05, 3.63) is 42.0 Å². The Hall–Kier alpha value is -3.39. The van der Waals surface area contributed by atoms with E-state index in [0.717, 1.165) is 0 Å². The average Bonchev–Trinajstić information content (AvgIpc) is 3.83. The Kier molecular flexibility index (Phi) is 9.74. The van der Waals surface area contributed by atoms with Gasteiger partial charge in [0.15, 0.2) is 0 Å². The second kappa shape index (κ2) is 13.1. The van der Waals surface area contributed by atoms with Crippen LogP contribution < -0.4 is 15.5 Å². The Labute approximate surface area is 239 Å². The first-order valence-electron chi connectivity index (χ1n) is 13.7. The molecule has 2 aromatic rings. The van der Waals surface area contributed by atoms with Crippen LogP contribution in [0.3, 0.4) is 0 Å². The van der Waals surface area contributed by atoms with Gasteiger partial charge in [0, 0.05) is 25.7 Å². The van der Waals surface area contributed by atoms with Crippen LogP contribution in [0.1, 0.15) is 38.7 Å². The van der Waals surface area contributed by atoms with Crippen molar-refractivity contribution in [2.75, 3.05) is 33.4 Å². The third-order valence-corrected chi connectivity index (χ3v) is 8.91. The summed E-state index contributed by atoms with van der Waals surface area (Å²) >= 11 is 0. The number of hydrogen-bond donors (Lipinski definition) is 3. The lowest BCUT2D eigenvalue weighted by molar-refractivity contribution is -0.151. The molecule has 41 heavy (non-hydrogen) atoms. The van der Waals surface area contributed by atoms with E-state index >= 15 is 0 Å². The third-order valence-electron chi connectivity index (χ3n) is 7.45. The second-order valence-electron chi connectivity index (χ2n) is 10.1. The maximum Gasteiger partial charge on any atom is 0.427 e. The second-order valence-corrected chi connectivity index (χ2v) is 11.8. The van der Waals surface area contributed by atoms with Crippen LogP contribution in [0.5, 0.6) is 0 Å². The first-order valence-corrected chi connectivity index (χ1v) is 15.2. The number of benzene rings is 2. The minimum atomic E-state index is -4.34. The van der Waals surface area contributed by atoms with Gasteiger partial charge in [-0.3, -0.25) is 9.59 Å². The molecule has 2 aromatic carbocycles. The Morgan fingerprint density at radius 1 is 1.29 bits per heavy atom. The molecule has 3 N–H and O–H groups in total. The standard InChI is InChI=1S/C28H36N5O7S/c1-4-24(26(35)33(3)25-17-29-12-13-40-25)28(18-34,21-10-11-21)32-41(37,38)22-14-19-8-6-7-9-23(19)20(15-22)16-30-31-27(36)39-5-2/h6-9,14-16,21,24-25,29,32H,4-5,10-13,17H2,1-3H3,(H,31,36)/t24?,25-,28?/m0/s1. The number of carbonyl (C=O) groups is 2. The monoisotopic (exact) mass is 586 g/mol. The number of hydrazone groups is 1. The fraction of sp³-hybridized carbons (Fsp3) is 0.500. The zero-order valence-electron chi connectivity index (χ0n) is 23.4. The van der Waals surface area contributed by atoms with Crippen molar-refractivity contribution in [2.45, 2.75) is 49.8 Å². The van der Waals surface area contributed by atoms with Crippen molar-refractivity contribution in [1.29, 1.82) is 0 Å². The number of amides is 2. The Morgan fingerprint density at radius 2 is 2.05 bits per heavy atom. The van der Waals surface area contributed by atoms with Crippen molar-refractivity contribution in [3.8, 4) is 0 Å². The molecule has 2 unspecified atom stereocenters. The molecule has 1 radical (unpaired) electrons. The number of sulfonamides is 1. The number of hydrogen-bond acceptors (Lipinski definition) is 9. The predicted molar refractivity (Wildman–Crippen MR) is 152 cm³/mol. The SMILES string of the molecule is CCOC(=O)NN=Cc1cc(S(=O)(=O)NC([C]=O)(C2CC2)C(CC)C(=O)N(C)[C@@H]2CNCCO2)cc2ccccc12. The maximum atomic E-state index is 13.9. The van der Waals surface area contributed by atoms with E-state index < -0.39 is 39.7 Å². The minimum absolute atomic E-state index is 0.121. The Balaban J connectivity index is 1.69. The highest BCUT2D eigenvalue weighted by atomic mass is 32.2. The van der Waals surface area contributed by atoms with E-state index in [4.69, 9.17) is 9.47 Å². The van der Waals surface area contributed by atoms with Gasteiger partial charge in [-0.25, -0.2) is 18.6 Å². The van der Waals surface area contributed by atoms with Gasteiger partial charge < -0.3 is 19.7 Å². The lowest BCUT2D eigenvalue weighted by Gasteiger charge is -2.39. The molecule has 0 bridgehead atoms. The molecule has 221 valence electrons. The molecule has 1 aliphatic carbocycles. The molecular formula is C28H36N5O7S. The van der Waals surface area contributed by atoms with Gasteiger partial charge in [0.1, 0.15) is 11.8 Å². The first kappa shape index (κ1) is 30.6. The molecule has 2 amide bonds. The van der Waals surface area contributed by atoms with Gasteiger partial charge >= 0.3 is 6.09 Å².